The van der Waals surface area contributed by atoms with Gasteiger partial charge in [0, 0.05) is 14.0 Å². The molecule has 4 atom stereocenters. The van der Waals surface area contributed by atoms with Crippen LogP contribution in [-0.4, -0.2) is 56.9 Å². The van der Waals surface area contributed by atoms with Gasteiger partial charge in [0.15, 0.2) is 0 Å². The summed E-state index contributed by atoms with van der Waals surface area (Å²) in [6, 6.07) is 0. The number of rotatable bonds is 4. The van der Waals surface area contributed by atoms with E-state index in [1.165, 1.54) is 18.9 Å². The normalized spacial score (nSPS) is 37.0. The van der Waals surface area contributed by atoms with Crippen molar-refractivity contribution in [2.24, 2.45) is 5.73 Å². The topological polar surface area (TPSA) is 122 Å². The third-order valence-electron chi connectivity index (χ3n) is 4.97. The number of nitrogens with two attached hydrogens (primary N) is 1. The van der Waals surface area contributed by atoms with Gasteiger partial charge in [0.1, 0.15) is 11.7 Å². The summed E-state index contributed by atoms with van der Waals surface area (Å²) < 4.78 is 5.53. The third-order valence-corrected chi connectivity index (χ3v) is 6.64. The zero-order valence-corrected chi connectivity index (χ0v) is 14.8. The molecule has 0 aromatic carbocycles. The predicted molar refractivity (Wildman–Crippen MR) is 91.2 cm³/mol. The lowest BCUT2D eigenvalue weighted by molar-refractivity contribution is -0.172. The zero-order valence-electron chi connectivity index (χ0n) is 14.0. The molecule has 2 heterocycles. The predicted octanol–water partition coefficient (Wildman–Crippen LogP) is 0.155. The van der Waals surface area contributed by atoms with Crippen molar-refractivity contribution in [2.75, 3.05) is 7.11 Å². The molecule has 0 aromatic heterocycles. The molecule has 4 N–H and O–H groups in total. The van der Waals surface area contributed by atoms with E-state index in [1.807, 2.05) is 6.08 Å². The Morgan fingerprint density at radius 1 is 1.52 bits per heavy atom. The van der Waals surface area contributed by atoms with Crippen molar-refractivity contribution < 1.29 is 24.2 Å². The number of methoxy groups -OCH3 is 1. The Morgan fingerprint density at radius 3 is 2.72 bits per heavy atom. The number of ether oxygens (including phenoxy) is 1. The molecular formula is C16H21N3O5S. The SMILES string of the molecule is COC1(C(=O)O)S[C@@H]2CC(=O)N2C(N)C1(NC(C)=O)C1=CC=CCC1. The zero-order chi connectivity index (χ0) is 18.4. The van der Waals surface area contributed by atoms with Crippen LogP contribution in [0.15, 0.2) is 23.8 Å². The Morgan fingerprint density at radius 2 is 2.24 bits per heavy atom. The number of nitrogens with one attached hydrogen (secondary N) is 1. The van der Waals surface area contributed by atoms with Crippen LogP contribution in [0.25, 0.3) is 0 Å². The van der Waals surface area contributed by atoms with Crippen LogP contribution in [0.5, 0.6) is 0 Å². The van der Waals surface area contributed by atoms with Gasteiger partial charge in [-0.3, -0.25) is 9.59 Å². The molecule has 0 saturated carbocycles. The second kappa shape index (κ2) is 6.15. The van der Waals surface area contributed by atoms with Crippen molar-refractivity contribution in [3.63, 3.8) is 0 Å². The number of fused-ring (bicyclic) bond motifs is 1. The van der Waals surface area contributed by atoms with Crippen LogP contribution in [0.3, 0.4) is 0 Å². The molecule has 2 saturated heterocycles. The molecule has 9 heteroatoms. The standard InChI is InChI=1S/C16H21N3O5S/c1-9(20)18-15(10-6-4-3-5-7-10)13(17)19-11(21)8-12(19)25-16(15,24-2)14(22)23/h3-4,6,12-13H,5,7-8,17H2,1-2H3,(H,18,20)(H,22,23)/t12-,13?,15?,16?/m1/s1. The maximum Gasteiger partial charge on any atom is 0.349 e. The Kier molecular flexibility index (Phi) is 4.42. The molecule has 2 fully saturated rings. The average Bonchev–Trinajstić information content (AvgIpc) is 2.56. The van der Waals surface area contributed by atoms with Crippen LogP contribution < -0.4 is 11.1 Å². The van der Waals surface area contributed by atoms with E-state index in [0.29, 0.717) is 18.4 Å². The lowest BCUT2D eigenvalue weighted by Crippen LogP contribution is -2.84. The largest absolute Gasteiger partial charge is 0.478 e. The van der Waals surface area contributed by atoms with Gasteiger partial charge >= 0.3 is 5.97 Å². The van der Waals surface area contributed by atoms with Crippen LogP contribution in [0.2, 0.25) is 0 Å². The molecule has 1 aliphatic carbocycles. The number of amides is 2. The van der Waals surface area contributed by atoms with Gasteiger partial charge in [0.25, 0.3) is 0 Å². The van der Waals surface area contributed by atoms with Crippen LogP contribution in [0.1, 0.15) is 26.2 Å². The number of hydrogen-bond donors (Lipinski definition) is 3. The summed E-state index contributed by atoms with van der Waals surface area (Å²) in [6.07, 6.45) is 5.84. The first-order chi connectivity index (χ1) is 11.8. The fourth-order valence-electron chi connectivity index (χ4n) is 3.88. The van der Waals surface area contributed by atoms with Gasteiger partial charge in [-0.25, -0.2) is 4.79 Å². The van der Waals surface area contributed by atoms with Crippen LogP contribution in [0, 0.1) is 0 Å². The number of carboxylic acid groups (broad SMARTS) is 1. The fourth-order valence-corrected chi connectivity index (χ4v) is 5.54. The first kappa shape index (κ1) is 18.0. The smallest absolute Gasteiger partial charge is 0.349 e. The van der Waals surface area contributed by atoms with Crippen molar-refractivity contribution in [1.82, 2.24) is 10.2 Å². The van der Waals surface area contributed by atoms with Crippen molar-refractivity contribution in [2.45, 2.75) is 48.2 Å². The highest BCUT2D eigenvalue weighted by atomic mass is 32.2. The Balaban J connectivity index is 2.25. The molecule has 0 bridgehead atoms. The molecule has 2 aliphatic heterocycles. The molecule has 25 heavy (non-hydrogen) atoms. The van der Waals surface area contributed by atoms with E-state index in [0.717, 1.165) is 11.8 Å². The number of aliphatic carboxylic acids is 1. The lowest BCUT2D eigenvalue weighted by Gasteiger charge is -2.62. The minimum Gasteiger partial charge on any atom is -0.478 e. The summed E-state index contributed by atoms with van der Waals surface area (Å²) in [5.41, 5.74) is 5.49. The number of allylic oxidation sites excluding steroid dienone is 3. The summed E-state index contributed by atoms with van der Waals surface area (Å²) >= 11 is 1.01. The van der Waals surface area contributed by atoms with Crippen LogP contribution >= 0.6 is 11.8 Å². The number of thioether (sulfide) groups is 1. The van der Waals surface area contributed by atoms with Gasteiger partial charge in [-0.1, -0.05) is 30.0 Å². The molecule has 0 aromatic rings. The molecule has 0 radical (unpaired) electrons. The van der Waals surface area contributed by atoms with E-state index in [2.05, 4.69) is 5.32 Å². The first-order valence-electron chi connectivity index (χ1n) is 7.98. The summed E-state index contributed by atoms with van der Waals surface area (Å²) in [5, 5.41) is 12.4. The summed E-state index contributed by atoms with van der Waals surface area (Å²) in [5.74, 6) is -1.85. The molecule has 2 amide bonds. The molecule has 3 aliphatic rings. The second-order valence-corrected chi connectivity index (χ2v) is 7.65. The molecular weight excluding hydrogens is 346 g/mol. The quantitative estimate of drug-likeness (QED) is 0.605. The van der Waals surface area contributed by atoms with Crippen molar-refractivity contribution >= 4 is 29.5 Å². The van der Waals surface area contributed by atoms with Gasteiger partial charge in [0.2, 0.25) is 16.7 Å². The number of β-lactam (4-membered cyclic amide) rings is 1. The van der Waals surface area contributed by atoms with Gasteiger partial charge in [-0.05, 0) is 18.4 Å². The van der Waals surface area contributed by atoms with Gasteiger partial charge in [0.05, 0.1) is 11.8 Å². The molecule has 8 nitrogen and oxygen atoms in total. The second-order valence-electron chi connectivity index (χ2n) is 6.30. The highest BCUT2D eigenvalue weighted by Gasteiger charge is 2.72. The highest BCUT2D eigenvalue weighted by molar-refractivity contribution is 8.02. The monoisotopic (exact) mass is 367 g/mol. The number of carboxylic acids is 1. The van der Waals surface area contributed by atoms with E-state index < -0.39 is 28.5 Å². The van der Waals surface area contributed by atoms with Crippen LogP contribution in [-0.2, 0) is 19.1 Å². The van der Waals surface area contributed by atoms with Gasteiger partial charge < -0.3 is 25.8 Å². The summed E-state index contributed by atoms with van der Waals surface area (Å²) in [4.78, 5) is 36.1. The average molecular weight is 367 g/mol. The number of hydrogen-bond acceptors (Lipinski definition) is 6. The molecule has 3 unspecified atom stereocenters. The van der Waals surface area contributed by atoms with E-state index in [4.69, 9.17) is 10.5 Å². The molecule has 3 rings (SSSR count). The van der Waals surface area contributed by atoms with Gasteiger partial charge in [-0.15, -0.1) is 0 Å². The number of nitrogens with zero attached hydrogens (tertiary/aromatic N) is 1. The maximum absolute atomic E-state index is 12.3. The van der Waals surface area contributed by atoms with Crippen molar-refractivity contribution in [1.29, 1.82) is 0 Å². The minimum atomic E-state index is -1.84. The van der Waals surface area contributed by atoms with Gasteiger partial charge in [-0.2, -0.15) is 0 Å². The maximum atomic E-state index is 12.3. The van der Waals surface area contributed by atoms with E-state index in [-0.39, 0.29) is 17.7 Å². The summed E-state index contributed by atoms with van der Waals surface area (Å²) in [7, 11) is 1.29. The lowest BCUT2D eigenvalue weighted by atomic mass is 9.75. The minimum absolute atomic E-state index is 0.165. The van der Waals surface area contributed by atoms with Crippen LogP contribution in [0.4, 0.5) is 0 Å². The first-order valence-corrected chi connectivity index (χ1v) is 8.86. The number of carbonyl (C=O) groups excluding carboxylic acids is 2. The van der Waals surface area contributed by atoms with E-state index >= 15 is 0 Å². The molecule has 136 valence electrons. The Labute approximate surface area is 149 Å². The summed E-state index contributed by atoms with van der Waals surface area (Å²) in [6.45, 7) is 1.30. The highest BCUT2D eigenvalue weighted by Crippen LogP contribution is 2.55. The van der Waals surface area contributed by atoms with E-state index in [9.17, 15) is 19.5 Å². The van der Waals surface area contributed by atoms with E-state index in [1.54, 1.807) is 12.2 Å². The molecule has 0 spiro atoms. The fraction of sp³-hybridized carbons (Fsp3) is 0.562. The number of carbonyl (C=O) groups is 3. The Bertz CT molecular complexity index is 693. The third kappa shape index (κ3) is 2.33. The van der Waals surface area contributed by atoms with Crippen molar-refractivity contribution in [3.05, 3.63) is 23.8 Å². The van der Waals surface area contributed by atoms with Crippen molar-refractivity contribution in [3.8, 4) is 0 Å². The Hall–Kier alpha value is -1.84.